The van der Waals surface area contributed by atoms with E-state index in [4.69, 9.17) is 5.11 Å². The second kappa shape index (κ2) is 5.38. The molecular weight excluding hydrogens is 250 g/mol. The summed E-state index contributed by atoms with van der Waals surface area (Å²) in [5.41, 5.74) is 1.29. The molecule has 0 saturated carbocycles. The number of sulfonamides is 1. The Hall–Kier alpha value is -0.910. The largest absolute Gasteiger partial charge is 0.396 e. The molecule has 1 rings (SSSR count). The summed E-state index contributed by atoms with van der Waals surface area (Å²) in [6.45, 7) is 7.45. The van der Waals surface area contributed by atoms with E-state index in [-0.39, 0.29) is 13.2 Å². The van der Waals surface area contributed by atoms with E-state index in [9.17, 15) is 8.42 Å². The molecule has 5 heteroatoms. The summed E-state index contributed by atoms with van der Waals surface area (Å²) in [5, 5.41) is 9.12. The van der Waals surface area contributed by atoms with Gasteiger partial charge in [0.1, 0.15) is 0 Å². The Morgan fingerprint density at radius 3 is 2.39 bits per heavy atom. The predicted molar refractivity (Wildman–Crippen MR) is 72.0 cm³/mol. The summed E-state index contributed by atoms with van der Waals surface area (Å²) >= 11 is 0. The average Bonchev–Trinajstić information content (AvgIpc) is 2.26. The van der Waals surface area contributed by atoms with Gasteiger partial charge < -0.3 is 5.11 Å². The molecule has 0 bridgehead atoms. The zero-order valence-electron chi connectivity index (χ0n) is 11.3. The van der Waals surface area contributed by atoms with E-state index in [0.29, 0.717) is 4.90 Å². The Morgan fingerprint density at radius 2 is 1.89 bits per heavy atom. The first-order chi connectivity index (χ1) is 8.18. The molecule has 0 aliphatic heterocycles. The highest BCUT2D eigenvalue weighted by Crippen LogP contribution is 2.18. The lowest BCUT2D eigenvalue weighted by Gasteiger charge is -2.22. The number of hydrogen-bond acceptors (Lipinski definition) is 3. The van der Waals surface area contributed by atoms with Crippen LogP contribution in [0.4, 0.5) is 0 Å². The van der Waals surface area contributed by atoms with E-state index >= 15 is 0 Å². The lowest BCUT2D eigenvalue weighted by molar-refractivity contribution is 0.163. The van der Waals surface area contributed by atoms with E-state index in [1.54, 1.807) is 32.9 Å². The van der Waals surface area contributed by atoms with Crippen LogP contribution in [0.3, 0.4) is 0 Å². The monoisotopic (exact) mass is 271 g/mol. The van der Waals surface area contributed by atoms with Crippen LogP contribution >= 0.6 is 0 Å². The van der Waals surface area contributed by atoms with Crippen molar-refractivity contribution in [1.29, 1.82) is 0 Å². The van der Waals surface area contributed by atoms with Gasteiger partial charge in [-0.3, -0.25) is 0 Å². The maximum atomic E-state index is 12.1. The van der Waals surface area contributed by atoms with Gasteiger partial charge in [0, 0.05) is 18.6 Å². The third-order valence-corrected chi connectivity index (χ3v) is 4.35. The SMILES string of the molecule is Cc1ccc(S(=O)(=O)NCC(C)(C)CO)c(C)c1. The zero-order chi connectivity index (χ0) is 14.0. The third kappa shape index (κ3) is 3.80. The van der Waals surface area contributed by atoms with E-state index < -0.39 is 15.4 Å². The molecular formula is C13H21NO3S. The molecule has 0 aromatic heterocycles. The van der Waals surface area contributed by atoms with Crippen molar-refractivity contribution in [3.63, 3.8) is 0 Å². The van der Waals surface area contributed by atoms with Gasteiger partial charge in [0.25, 0.3) is 0 Å². The van der Waals surface area contributed by atoms with Crippen molar-refractivity contribution in [2.75, 3.05) is 13.2 Å². The highest BCUT2D eigenvalue weighted by molar-refractivity contribution is 7.89. The second-order valence-corrected chi connectivity index (χ2v) is 7.15. The summed E-state index contributed by atoms with van der Waals surface area (Å²) in [5.74, 6) is 0. The van der Waals surface area contributed by atoms with Gasteiger partial charge in [0.2, 0.25) is 10.0 Å². The van der Waals surface area contributed by atoms with E-state index in [0.717, 1.165) is 11.1 Å². The van der Waals surface area contributed by atoms with Crippen LogP contribution in [0.15, 0.2) is 23.1 Å². The maximum absolute atomic E-state index is 12.1. The second-order valence-electron chi connectivity index (χ2n) is 5.42. The Labute approximate surface area is 109 Å². The van der Waals surface area contributed by atoms with Crippen molar-refractivity contribution >= 4 is 10.0 Å². The minimum atomic E-state index is -3.51. The van der Waals surface area contributed by atoms with Crippen molar-refractivity contribution in [2.24, 2.45) is 5.41 Å². The van der Waals surface area contributed by atoms with Crippen LogP contribution in [0.5, 0.6) is 0 Å². The van der Waals surface area contributed by atoms with Gasteiger partial charge in [-0.25, -0.2) is 13.1 Å². The Morgan fingerprint density at radius 1 is 1.28 bits per heavy atom. The fourth-order valence-corrected chi connectivity index (χ4v) is 2.99. The number of aliphatic hydroxyl groups excluding tert-OH is 1. The Kier molecular flexibility index (Phi) is 4.53. The first kappa shape index (κ1) is 15.1. The lowest BCUT2D eigenvalue weighted by atomic mass is 9.96. The molecule has 0 heterocycles. The number of rotatable bonds is 5. The fraction of sp³-hybridized carbons (Fsp3) is 0.538. The molecule has 0 spiro atoms. The molecule has 18 heavy (non-hydrogen) atoms. The van der Waals surface area contributed by atoms with Gasteiger partial charge in [-0.1, -0.05) is 31.5 Å². The molecule has 1 aromatic rings. The van der Waals surface area contributed by atoms with E-state index in [1.807, 2.05) is 13.0 Å². The smallest absolute Gasteiger partial charge is 0.240 e. The number of aliphatic hydroxyl groups is 1. The highest BCUT2D eigenvalue weighted by atomic mass is 32.2. The first-order valence-corrected chi connectivity index (χ1v) is 7.34. The highest BCUT2D eigenvalue weighted by Gasteiger charge is 2.22. The lowest BCUT2D eigenvalue weighted by Crippen LogP contribution is -2.36. The molecule has 2 N–H and O–H groups in total. The fourth-order valence-electron chi connectivity index (χ4n) is 1.52. The average molecular weight is 271 g/mol. The van der Waals surface area contributed by atoms with Crippen LogP contribution in [0.25, 0.3) is 0 Å². The van der Waals surface area contributed by atoms with Gasteiger partial charge in [-0.15, -0.1) is 0 Å². The van der Waals surface area contributed by atoms with Crippen molar-refractivity contribution < 1.29 is 13.5 Å². The minimum absolute atomic E-state index is 0.0671. The quantitative estimate of drug-likeness (QED) is 0.855. The van der Waals surface area contributed by atoms with Crippen LogP contribution in [-0.2, 0) is 10.0 Å². The molecule has 1 aromatic carbocycles. The number of nitrogens with one attached hydrogen (secondary N) is 1. The van der Waals surface area contributed by atoms with Gasteiger partial charge in [-0.2, -0.15) is 0 Å². The van der Waals surface area contributed by atoms with Crippen LogP contribution < -0.4 is 4.72 Å². The molecule has 0 unspecified atom stereocenters. The molecule has 0 atom stereocenters. The van der Waals surface area contributed by atoms with Crippen molar-refractivity contribution in [2.45, 2.75) is 32.6 Å². The Balaban J connectivity index is 2.94. The van der Waals surface area contributed by atoms with Gasteiger partial charge in [0.05, 0.1) is 4.90 Å². The van der Waals surface area contributed by atoms with E-state index in [2.05, 4.69) is 4.72 Å². The van der Waals surface area contributed by atoms with Gasteiger partial charge in [0.15, 0.2) is 0 Å². The summed E-state index contributed by atoms with van der Waals surface area (Å²) in [6, 6.07) is 5.23. The van der Waals surface area contributed by atoms with Crippen LogP contribution in [0.1, 0.15) is 25.0 Å². The first-order valence-electron chi connectivity index (χ1n) is 5.86. The molecule has 0 fully saturated rings. The summed E-state index contributed by atoms with van der Waals surface area (Å²) in [7, 11) is -3.51. The normalized spacial score (nSPS) is 12.7. The predicted octanol–water partition coefficient (Wildman–Crippen LogP) is 1.60. The summed E-state index contributed by atoms with van der Waals surface area (Å²) in [4.78, 5) is 0.293. The molecule has 0 aliphatic carbocycles. The molecule has 0 amide bonds. The topological polar surface area (TPSA) is 66.4 Å². The summed E-state index contributed by atoms with van der Waals surface area (Å²) in [6.07, 6.45) is 0. The third-order valence-electron chi connectivity index (χ3n) is 2.79. The van der Waals surface area contributed by atoms with Crippen LogP contribution in [0, 0.1) is 19.3 Å². The Bertz CT molecular complexity index is 521. The van der Waals surface area contributed by atoms with Gasteiger partial charge in [-0.05, 0) is 25.5 Å². The van der Waals surface area contributed by atoms with Crippen molar-refractivity contribution in [1.82, 2.24) is 4.72 Å². The number of aryl methyl sites for hydroxylation is 2. The van der Waals surface area contributed by atoms with Crippen molar-refractivity contribution in [3.05, 3.63) is 29.3 Å². The number of benzene rings is 1. The van der Waals surface area contributed by atoms with Crippen LogP contribution in [0.2, 0.25) is 0 Å². The maximum Gasteiger partial charge on any atom is 0.240 e. The van der Waals surface area contributed by atoms with Gasteiger partial charge >= 0.3 is 0 Å². The molecule has 0 aliphatic rings. The zero-order valence-corrected chi connectivity index (χ0v) is 12.1. The van der Waals surface area contributed by atoms with Crippen molar-refractivity contribution in [3.8, 4) is 0 Å². The minimum Gasteiger partial charge on any atom is -0.396 e. The molecule has 4 nitrogen and oxygen atoms in total. The molecule has 0 radical (unpaired) electrons. The molecule has 0 saturated heterocycles. The summed E-state index contributed by atoms with van der Waals surface area (Å²) < 4.78 is 26.8. The molecule has 102 valence electrons. The standard InChI is InChI=1S/C13H21NO3S/c1-10-5-6-12(11(2)7-10)18(16,17)14-8-13(3,4)9-15/h5-7,14-15H,8-9H2,1-4H3. The van der Waals surface area contributed by atoms with Crippen LogP contribution in [-0.4, -0.2) is 26.7 Å². The number of hydrogen-bond donors (Lipinski definition) is 2. The van der Waals surface area contributed by atoms with E-state index in [1.165, 1.54) is 0 Å².